The zero-order chi connectivity index (χ0) is 14.7. The van der Waals surface area contributed by atoms with Crippen molar-refractivity contribution in [1.29, 1.82) is 0 Å². The zero-order valence-corrected chi connectivity index (χ0v) is 14.2. The van der Waals surface area contributed by atoms with E-state index in [1.165, 1.54) is 49.4 Å². The van der Waals surface area contributed by atoms with Crippen molar-refractivity contribution in [2.24, 2.45) is 0 Å². The summed E-state index contributed by atoms with van der Waals surface area (Å²) in [6, 6.07) is 10.9. The minimum atomic E-state index is 0.603. The van der Waals surface area contributed by atoms with Gasteiger partial charge in [-0.2, -0.15) is 0 Å². The number of benzene rings is 1. The highest BCUT2D eigenvalue weighted by atomic mass is 32.2. The molecule has 1 N–H and O–H groups in total. The van der Waals surface area contributed by atoms with Crippen LogP contribution < -0.4 is 5.32 Å². The van der Waals surface area contributed by atoms with Crippen molar-refractivity contribution in [3.05, 3.63) is 29.8 Å². The van der Waals surface area contributed by atoms with Crippen molar-refractivity contribution in [2.45, 2.75) is 62.6 Å². The second-order valence-electron chi connectivity index (χ2n) is 6.63. The highest BCUT2D eigenvalue weighted by Crippen LogP contribution is 2.40. The monoisotopic (exact) mass is 304 g/mol. The number of piperidine rings is 1. The molecule has 1 fully saturated rings. The van der Waals surface area contributed by atoms with Crippen LogP contribution in [0.15, 0.2) is 29.2 Å². The van der Waals surface area contributed by atoms with E-state index in [2.05, 4.69) is 48.3 Å². The molecule has 116 valence electrons. The lowest BCUT2D eigenvalue weighted by molar-refractivity contribution is 0.123. The summed E-state index contributed by atoms with van der Waals surface area (Å²) >= 11 is 2.03. The van der Waals surface area contributed by atoms with E-state index in [1.807, 2.05) is 11.8 Å². The Hall–Kier alpha value is -0.510. The number of rotatable bonds is 4. The molecule has 0 saturated carbocycles. The molecule has 0 aliphatic carbocycles. The molecule has 21 heavy (non-hydrogen) atoms. The summed E-state index contributed by atoms with van der Waals surface area (Å²) in [6.45, 7) is 7.11. The van der Waals surface area contributed by atoms with Crippen LogP contribution in [0.5, 0.6) is 0 Å². The van der Waals surface area contributed by atoms with Crippen LogP contribution >= 0.6 is 11.8 Å². The smallest absolute Gasteiger partial charge is 0.0370 e. The third-order valence-corrected chi connectivity index (χ3v) is 5.96. The molecule has 1 saturated heterocycles. The molecule has 3 rings (SSSR count). The molecular weight excluding hydrogens is 276 g/mol. The first-order valence-corrected chi connectivity index (χ1v) is 9.45. The maximum atomic E-state index is 3.72. The summed E-state index contributed by atoms with van der Waals surface area (Å²) < 4.78 is 0. The molecule has 2 aliphatic heterocycles. The van der Waals surface area contributed by atoms with E-state index >= 15 is 0 Å². The van der Waals surface area contributed by atoms with E-state index in [9.17, 15) is 0 Å². The van der Waals surface area contributed by atoms with Crippen molar-refractivity contribution in [1.82, 2.24) is 10.2 Å². The topological polar surface area (TPSA) is 15.3 Å². The van der Waals surface area contributed by atoms with Crippen LogP contribution in [0, 0.1) is 0 Å². The predicted octanol–water partition coefficient (Wildman–Crippen LogP) is 4.08. The molecule has 1 aromatic rings. The van der Waals surface area contributed by atoms with Crippen LogP contribution in [0.2, 0.25) is 0 Å². The normalized spacial score (nSPS) is 26.1. The van der Waals surface area contributed by atoms with Crippen molar-refractivity contribution < 1.29 is 0 Å². The van der Waals surface area contributed by atoms with Crippen LogP contribution in [-0.2, 0) is 0 Å². The fourth-order valence-corrected chi connectivity index (χ4v) is 4.81. The van der Waals surface area contributed by atoms with Gasteiger partial charge in [0, 0.05) is 29.6 Å². The lowest BCUT2D eigenvalue weighted by Gasteiger charge is -2.41. The van der Waals surface area contributed by atoms with Gasteiger partial charge >= 0.3 is 0 Å². The maximum Gasteiger partial charge on any atom is 0.0370 e. The Kier molecular flexibility index (Phi) is 5.25. The van der Waals surface area contributed by atoms with Crippen LogP contribution in [0.1, 0.15) is 51.1 Å². The number of hydrogen-bond acceptors (Lipinski definition) is 3. The molecule has 2 nitrogen and oxygen atoms in total. The molecule has 2 atom stereocenters. The Balaban J connectivity index is 1.78. The van der Waals surface area contributed by atoms with Gasteiger partial charge in [-0.25, -0.2) is 0 Å². The average molecular weight is 305 g/mol. The molecule has 0 radical (unpaired) electrons. The molecule has 0 spiro atoms. The minimum Gasteiger partial charge on any atom is -0.313 e. The lowest BCUT2D eigenvalue weighted by Crippen LogP contribution is -2.47. The minimum absolute atomic E-state index is 0.603. The van der Waals surface area contributed by atoms with E-state index in [0.29, 0.717) is 18.1 Å². The van der Waals surface area contributed by atoms with Gasteiger partial charge in [-0.3, -0.25) is 4.90 Å². The number of nitrogens with one attached hydrogen (secondary N) is 1. The molecule has 0 aromatic heterocycles. The van der Waals surface area contributed by atoms with Gasteiger partial charge < -0.3 is 5.32 Å². The van der Waals surface area contributed by atoms with Gasteiger partial charge in [0.1, 0.15) is 0 Å². The Morgan fingerprint density at radius 2 is 2.10 bits per heavy atom. The maximum absolute atomic E-state index is 3.72. The van der Waals surface area contributed by atoms with Gasteiger partial charge in [0.15, 0.2) is 0 Å². The van der Waals surface area contributed by atoms with Crippen molar-refractivity contribution in [3.63, 3.8) is 0 Å². The quantitative estimate of drug-likeness (QED) is 0.902. The average Bonchev–Trinajstić information content (AvgIpc) is 2.53. The third-order valence-electron chi connectivity index (χ3n) is 4.83. The first-order chi connectivity index (χ1) is 10.3. The zero-order valence-electron chi connectivity index (χ0n) is 13.3. The van der Waals surface area contributed by atoms with Gasteiger partial charge in [0.2, 0.25) is 0 Å². The van der Waals surface area contributed by atoms with E-state index in [1.54, 1.807) is 5.56 Å². The Morgan fingerprint density at radius 1 is 1.24 bits per heavy atom. The van der Waals surface area contributed by atoms with E-state index in [-0.39, 0.29) is 0 Å². The first-order valence-electron chi connectivity index (χ1n) is 8.46. The molecule has 3 heteroatoms. The summed E-state index contributed by atoms with van der Waals surface area (Å²) in [5.74, 6) is 1.25. The second kappa shape index (κ2) is 7.17. The van der Waals surface area contributed by atoms with Gasteiger partial charge in [-0.15, -0.1) is 11.8 Å². The summed E-state index contributed by atoms with van der Waals surface area (Å²) in [4.78, 5) is 4.23. The number of nitrogens with zero attached hydrogens (tertiary/aromatic N) is 1. The van der Waals surface area contributed by atoms with Gasteiger partial charge in [0.25, 0.3) is 0 Å². The summed E-state index contributed by atoms with van der Waals surface area (Å²) in [6.07, 6.45) is 5.36. The van der Waals surface area contributed by atoms with Crippen LogP contribution in [0.4, 0.5) is 0 Å². The van der Waals surface area contributed by atoms with E-state index in [0.717, 1.165) is 0 Å². The van der Waals surface area contributed by atoms with Crippen molar-refractivity contribution in [3.8, 4) is 0 Å². The number of thioether (sulfide) groups is 1. The molecule has 0 amide bonds. The standard InChI is InChI=1S/C18H28N2S/c1-14(2)20(13-15-7-5-6-11-19-15)17-10-12-21-18-9-4-3-8-16(17)18/h3-4,8-9,14-15,17,19H,5-7,10-13H2,1-2H3. The van der Waals surface area contributed by atoms with Crippen LogP contribution in [-0.4, -0.2) is 35.8 Å². The van der Waals surface area contributed by atoms with Gasteiger partial charge in [0.05, 0.1) is 0 Å². The molecule has 2 unspecified atom stereocenters. The Bertz CT molecular complexity index is 454. The highest BCUT2D eigenvalue weighted by Gasteiger charge is 2.29. The van der Waals surface area contributed by atoms with E-state index < -0.39 is 0 Å². The Labute approximate surface area is 133 Å². The Morgan fingerprint density at radius 3 is 2.86 bits per heavy atom. The predicted molar refractivity (Wildman–Crippen MR) is 92.0 cm³/mol. The summed E-state index contributed by atoms with van der Waals surface area (Å²) in [5.41, 5.74) is 1.55. The molecule has 2 aliphatic rings. The van der Waals surface area contributed by atoms with E-state index in [4.69, 9.17) is 0 Å². The summed E-state index contributed by atoms with van der Waals surface area (Å²) in [5, 5.41) is 3.72. The third kappa shape index (κ3) is 3.64. The molecule has 2 heterocycles. The summed E-state index contributed by atoms with van der Waals surface area (Å²) in [7, 11) is 0. The highest BCUT2D eigenvalue weighted by molar-refractivity contribution is 7.99. The number of hydrogen-bond donors (Lipinski definition) is 1. The molecular formula is C18H28N2S. The fraction of sp³-hybridized carbons (Fsp3) is 0.667. The first kappa shape index (κ1) is 15.4. The van der Waals surface area contributed by atoms with Crippen LogP contribution in [0.3, 0.4) is 0 Å². The van der Waals surface area contributed by atoms with Gasteiger partial charge in [-0.1, -0.05) is 24.6 Å². The van der Waals surface area contributed by atoms with Gasteiger partial charge in [-0.05, 0) is 57.0 Å². The number of fused-ring (bicyclic) bond motifs is 1. The molecule has 0 bridgehead atoms. The lowest BCUT2D eigenvalue weighted by atomic mass is 9.97. The van der Waals surface area contributed by atoms with Crippen molar-refractivity contribution >= 4 is 11.8 Å². The largest absolute Gasteiger partial charge is 0.313 e. The second-order valence-corrected chi connectivity index (χ2v) is 7.76. The van der Waals surface area contributed by atoms with Crippen molar-refractivity contribution in [2.75, 3.05) is 18.8 Å². The molecule has 1 aromatic carbocycles. The van der Waals surface area contributed by atoms with Crippen LogP contribution in [0.25, 0.3) is 0 Å². The SMILES string of the molecule is CC(C)N(CC1CCCCN1)C1CCSc2ccccc21. The fourth-order valence-electron chi connectivity index (χ4n) is 3.70.